The van der Waals surface area contributed by atoms with Gasteiger partial charge in [0.1, 0.15) is 12.1 Å². The van der Waals surface area contributed by atoms with Crippen molar-refractivity contribution < 1.29 is 9.13 Å². The van der Waals surface area contributed by atoms with Gasteiger partial charge in [-0.25, -0.2) is 14.4 Å². The second-order valence-corrected chi connectivity index (χ2v) is 8.51. The zero-order valence-electron chi connectivity index (χ0n) is 15.9. The molecule has 1 aliphatic heterocycles. The first-order chi connectivity index (χ1) is 13.3. The fourth-order valence-corrected chi connectivity index (χ4v) is 4.95. The fourth-order valence-electron chi connectivity index (χ4n) is 4.95. The number of ether oxygens (including phenoxy) is 1. The van der Waals surface area contributed by atoms with Crippen LogP contribution in [0.15, 0.2) is 18.5 Å². The highest BCUT2D eigenvalue weighted by molar-refractivity contribution is 5.82. The maximum atomic E-state index is 14.3. The highest BCUT2D eigenvalue weighted by Crippen LogP contribution is 2.42. The largest absolute Gasteiger partial charge is 0.379 e. The third-order valence-corrected chi connectivity index (χ3v) is 6.71. The van der Waals surface area contributed by atoms with Crippen LogP contribution in [0.4, 0.5) is 4.39 Å². The van der Waals surface area contributed by atoms with E-state index in [9.17, 15) is 4.39 Å². The van der Waals surface area contributed by atoms with Gasteiger partial charge in [-0.05, 0) is 68.4 Å². The second-order valence-electron chi connectivity index (χ2n) is 8.51. The first kappa shape index (κ1) is 17.5. The molecule has 0 spiro atoms. The first-order valence-corrected chi connectivity index (χ1v) is 10.5. The summed E-state index contributed by atoms with van der Waals surface area (Å²) in [4.78, 5) is 11.5. The summed E-state index contributed by atoms with van der Waals surface area (Å²) in [5.74, 6) is 0.988. The van der Waals surface area contributed by atoms with Gasteiger partial charge in [0.25, 0.3) is 0 Å². The van der Waals surface area contributed by atoms with Gasteiger partial charge in [-0.3, -0.25) is 4.90 Å². The lowest BCUT2D eigenvalue weighted by molar-refractivity contribution is 0.00494. The normalized spacial score (nSPS) is 27.1. The minimum absolute atomic E-state index is 0.0966. The van der Waals surface area contributed by atoms with E-state index in [1.54, 1.807) is 12.4 Å². The summed E-state index contributed by atoms with van der Waals surface area (Å²) in [5, 5.41) is 1.07. The zero-order chi connectivity index (χ0) is 18.2. The van der Waals surface area contributed by atoms with E-state index >= 15 is 0 Å². The number of benzene rings is 1. The molecule has 4 nitrogen and oxygen atoms in total. The lowest BCUT2D eigenvalue weighted by Crippen LogP contribution is -2.45. The molecule has 27 heavy (non-hydrogen) atoms. The lowest BCUT2D eigenvalue weighted by Gasteiger charge is -2.38. The molecule has 3 fully saturated rings. The molecule has 0 radical (unpaired) electrons. The van der Waals surface area contributed by atoms with Gasteiger partial charge in [0.05, 0.1) is 24.4 Å². The molecule has 2 aromatic rings. The summed E-state index contributed by atoms with van der Waals surface area (Å²) in [6.45, 7) is 3.93. The van der Waals surface area contributed by atoms with Gasteiger partial charge in [-0.15, -0.1) is 0 Å². The molecule has 0 atom stereocenters. The van der Waals surface area contributed by atoms with Crippen molar-refractivity contribution in [2.24, 2.45) is 5.92 Å². The predicted molar refractivity (Wildman–Crippen MR) is 103 cm³/mol. The molecule has 3 aliphatic rings. The standard InChI is InChI=1S/C22H28FN3O/c23-20-13-22-19(12-18(20)16-3-4-16)21(24-14-25-22)11-15-1-5-17(6-2-15)26-7-9-27-10-8-26/h12-17H,1-11H2. The molecule has 1 aromatic carbocycles. The maximum Gasteiger partial charge on any atom is 0.128 e. The molecule has 0 unspecified atom stereocenters. The van der Waals surface area contributed by atoms with E-state index in [1.165, 1.54) is 25.7 Å². The summed E-state index contributed by atoms with van der Waals surface area (Å²) in [7, 11) is 0. The van der Waals surface area contributed by atoms with Gasteiger partial charge in [0, 0.05) is 30.6 Å². The van der Waals surface area contributed by atoms with Gasteiger partial charge in [-0.2, -0.15) is 0 Å². The number of fused-ring (bicyclic) bond motifs is 1. The van der Waals surface area contributed by atoms with E-state index < -0.39 is 0 Å². The van der Waals surface area contributed by atoms with Crippen molar-refractivity contribution in [3.05, 3.63) is 35.5 Å². The highest BCUT2D eigenvalue weighted by atomic mass is 19.1. The number of hydrogen-bond donors (Lipinski definition) is 0. The monoisotopic (exact) mass is 369 g/mol. The smallest absolute Gasteiger partial charge is 0.128 e. The molecule has 5 heteroatoms. The molecule has 1 saturated heterocycles. The van der Waals surface area contributed by atoms with Crippen molar-refractivity contribution in [2.75, 3.05) is 26.3 Å². The second kappa shape index (κ2) is 7.44. The van der Waals surface area contributed by atoms with Crippen LogP contribution in [0, 0.1) is 11.7 Å². The summed E-state index contributed by atoms with van der Waals surface area (Å²) >= 11 is 0. The topological polar surface area (TPSA) is 38.2 Å². The van der Waals surface area contributed by atoms with Gasteiger partial charge in [0.15, 0.2) is 0 Å². The summed E-state index contributed by atoms with van der Waals surface area (Å²) in [6, 6.07) is 4.38. The van der Waals surface area contributed by atoms with Crippen LogP contribution in [0.2, 0.25) is 0 Å². The van der Waals surface area contributed by atoms with E-state index in [-0.39, 0.29) is 5.82 Å². The molecule has 0 amide bonds. The Morgan fingerprint density at radius 2 is 1.78 bits per heavy atom. The molecule has 0 bridgehead atoms. The van der Waals surface area contributed by atoms with Crippen LogP contribution in [0.3, 0.4) is 0 Å². The fraction of sp³-hybridized carbons (Fsp3) is 0.636. The minimum atomic E-state index is -0.0966. The molecule has 0 N–H and O–H groups in total. The molecule has 5 rings (SSSR count). The Kier molecular flexibility index (Phi) is 4.82. The van der Waals surface area contributed by atoms with Gasteiger partial charge < -0.3 is 4.74 Å². The number of halogens is 1. The van der Waals surface area contributed by atoms with E-state index in [0.717, 1.165) is 73.8 Å². The lowest BCUT2D eigenvalue weighted by atomic mass is 9.82. The number of hydrogen-bond acceptors (Lipinski definition) is 4. The Labute approximate surface area is 160 Å². The van der Waals surface area contributed by atoms with Crippen molar-refractivity contribution in [1.82, 2.24) is 14.9 Å². The Morgan fingerprint density at radius 1 is 1.00 bits per heavy atom. The number of aromatic nitrogens is 2. The van der Waals surface area contributed by atoms with Crippen LogP contribution in [0.1, 0.15) is 55.7 Å². The van der Waals surface area contributed by atoms with Gasteiger partial charge in [-0.1, -0.05) is 0 Å². The summed E-state index contributed by atoms with van der Waals surface area (Å²) in [6.07, 6.45) is 9.87. The summed E-state index contributed by atoms with van der Waals surface area (Å²) in [5.41, 5.74) is 2.73. The zero-order valence-corrected chi connectivity index (χ0v) is 15.9. The van der Waals surface area contributed by atoms with Crippen LogP contribution in [-0.4, -0.2) is 47.2 Å². The van der Waals surface area contributed by atoms with Crippen LogP contribution < -0.4 is 0 Å². The minimum Gasteiger partial charge on any atom is -0.379 e. The van der Waals surface area contributed by atoms with E-state index in [1.807, 2.05) is 6.07 Å². The number of nitrogens with zero attached hydrogens (tertiary/aromatic N) is 3. The molecular formula is C22H28FN3O. The number of rotatable bonds is 4. The number of morpholine rings is 1. The SMILES string of the molecule is Fc1cc2ncnc(CC3CCC(N4CCOCC4)CC3)c2cc1C1CC1. The Morgan fingerprint density at radius 3 is 2.52 bits per heavy atom. The van der Waals surface area contributed by atoms with Crippen molar-refractivity contribution in [3.63, 3.8) is 0 Å². The molecular weight excluding hydrogens is 341 g/mol. The van der Waals surface area contributed by atoms with Crippen molar-refractivity contribution in [3.8, 4) is 0 Å². The van der Waals surface area contributed by atoms with Crippen molar-refractivity contribution in [1.29, 1.82) is 0 Å². The molecule has 144 valence electrons. The van der Waals surface area contributed by atoms with Gasteiger partial charge >= 0.3 is 0 Å². The van der Waals surface area contributed by atoms with Crippen molar-refractivity contribution >= 4 is 10.9 Å². The van der Waals surface area contributed by atoms with Crippen molar-refractivity contribution in [2.45, 2.75) is 56.9 Å². The highest BCUT2D eigenvalue weighted by Gasteiger charge is 2.29. The van der Waals surface area contributed by atoms with E-state index in [0.29, 0.717) is 11.8 Å². The van der Waals surface area contributed by atoms with E-state index in [2.05, 4.69) is 14.9 Å². The predicted octanol–water partition coefficient (Wildman–Crippen LogP) is 4.08. The van der Waals surface area contributed by atoms with Crippen LogP contribution >= 0.6 is 0 Å². The summed E-state index contributed by atoms with van der Waals surface area (Å²) < 4.78 is 19.8. The quantitative estimate of drug-likeness (QED) is 0.814. The molecule has 2 aliphatic carbocycles. The molecule has 2 saturated carbocycles. The Hall–Kier alpha value is -1.59. The van der Waals surface area contributed by atoms with Crippen LogP contribution in [0.25, 0.3) is 10.9 Å². The average Bonchev–Trinajstić information content (AvgIpc) is 3.54. The Balaban J connectivity index is 1.29. The third-order valence-electron chi connectivity index (χ3n) is 6.71. The van der Waals surface area contributed by atoms with Crippen LogP contribution in [0.5, 0.6) is 0 Å². The maximum absolute atomic E-state index is 14.3. The van der Waals surface area contributed by atoms with E-state index in [4.69, 9.17) is 4.74 Å². The third kappa shape index (κ3) is 3.72. The average molecular weight is 369 g/mol. The first-order valence-electron chi connectivity index (χ1n) is 10.5. The Bertz CT molecular complexity index is 809. The van der Waals surface area contributed by atoms with Crippen LogP contribution in [-0.2, 0) is 11.2 Å². The molecule has 1 aromatic heterocycles. The van der Waals surface area contributed by atoms with Gasteiger partial charge in [0.2, 0.25) is 0 Å². The molecule has 2 heterocycles.